The lowest BCUT2D eigenvalue weighted by Crippen LogP contribution is -2.14. The second kappa shape index (κ2) is 7.62. The molecule has 0 bridgehead atoms. The van der Waals surface area contributed by atoms with Crippen molar-refractivity contribution in [1.82, 2.24) is 0 Å². The summed E-state index contributed by atoms with van der Waals surface area (Å²) < 4.78 is 42.3. The molecule has 0 atom stereocenters. The lowest BCUT2D eigenvalue weighted by atomic mass is 10.2. The van der Waals surface area contributed by atoms with Gasteiger partial charge in [0.25, 0.3) is 10.0 Å². The van der Waals surface area contributed by atoms with Gasteiger partial charge in [0.05, 0.1) is 42.5 Å². The highest BCUT2D eigenvalue weighted by molar-refractivity contribution is 7.92. The lowest BCUT2D eigenvalue weighted by Gasteiger charge is -2.13. The van der Waals surface area contributed by atoms with Crippen LogP contribution in [-0.2, 0) is 14.8 Å². The first-order valence-electron chi connectivity index (χ1n) is 6.95. The van der Waals surface area contributed by atoms with Crippen LogP contribution in [0.3, 0.4) is 0 Å². The molecule has 0 amide bonds. The molecular weight excluding hydrogens is 370 g/mol. The number of benzene rings is 2. The number of carbonyl (C=O) groups excluding carboxylic acids is 1. The molecule has 0 heterocycles. The Morgan fingerprint density at radius 2 is 1.64 bits per heavy atom. The Balaban J connectivity index is 2.43. The second-order valence-corrected chi connectivity index (χ2v) is 6.90. The topological polar surface area (TPSA) is 90.9 Å². The van der Waals surface area contributed by atoms with E-state index in [4.69, 9.17) is 21.1 Å². The van der Waals surface area contributed by atoms with E-state index >= 15 is 0 Å². The predicted octanol–water partition coefficient (Wildman–Crippen LogP) is 2.94. The normalized spacial score (nSPS) is 10.9. The summed E-state index contributed by atoms with van der Waals surface area (Å²) in [5.74, 6) is -0.00249. The monoisotopic (exact) mass is 385 g/mol. The number of anilines is 1. The van der Waals surface area contributed by atoms with E-state index in [1.165, 1.54) is 57.7 Å². The number of nitrogens with one attached hydrogen (secondary N) is 1. The minimum Gasteiger partial charge on any atom is -0.495 e. The summed E-state index contributed by atoms with van der Waals surface area (Å²) in [6.45, 7) is 0. The van der Waals surface area contributed by atoms with Gasteiger partial charge in [-0.2, -0.15) is 0 Å². The first-order chi connectivity index (χ1) is 11.8. The number of rotatable bonds is 6. The zero-order chi connectivity index (χ0) is 18.6. The van der Waals surface area contributed by atoms with Crippen LogP contribution < -0.4 is 14.2 Å². The minimum atomic E-state index is -3.96. The van der Waals surface area contributed by atoms with Crippen LogP contribution in [0.4, 0.5) is 5.69 Å². The highest BCUT2D eigenvalue weighted by Crippen LogP contribution is 2.31. The third kappa shape index (κ3) is 4.15. The van der Waals surface area contributed by atoms with Crippen LogP contribution >= 0.6 is 11.6 Å². The summed E-state index contributed by atoms with van der Waals surface area (Å²) in [4.78, 5) is 11.6. The highest BCUT2D eigenvalue weighted by Gasteiger charge is 2.19. The van der Waals surface area contributed by atoms with E-state index in [0.717, 1.165) is 0 Å². The minimum absolute atomic E-state index is 0.0659. The van der Waals surface area contributed by atoms with Gasteiger partial charge in [0.1, 0.15) is 11.5 Å². The molecule has 0 saturated carbocycles. The molecule has 0 aromatic heterocycles. The molecule has 7 nitrogen and oxygen atoms in total. The van der Waals surface area contributed by atoms with Crippen LogP contribution in [0.5, 0.6) is 11.5 Å². The fourth-order valence-electron chi connectivity index (χ4n) is 2.05. The predicted molar refractivity (Wildman–Crippen MR) is 93.1 cm³/mol. The van der Waals surface area contributed by atoms with Crippen molar-refractivity contribution in [1.29, 1.82) is 0 Å². The molecule has 134 valence electrons. The fraction of sp³-hybridized carbons (Fsp3) is 0.188. The molecule has 0 aliphatic rings. The molecule has 25 heavy (non-hydrogen) atoms. The zero-order valence-corrected chi connectivity index (χ0v) is 15.3. The summed E-state index contributed by atoms with van der Waals surface area (Å²) in [6.07, 6.45) is 0. The Morgan fingerprint density at radius 1 is 1.00 bits per heavy atom. The van der Waals surface area contributed by atoms with Gasteiger partial charge >= 0.3 is 5.97 Å². The van der Waals surface area contributed by atoms with Gasteiger partial charge in [-0.3, -0.25) is 4.72 Å². The number of sulfonamides is 1. The summed E-state index contributed by atoms with van der Waals surface area (Å²) in [6, 6.07) is 8.31. The molecule has 9 heteroatoms. The van der Waals surface area contributed by atoms with Gasteiger partial charge in [0.15, 0.2) is 0 Å². The number of hydrogen-bond acceptors (Lipinski definition) is 6. The van der Waals surface area contributed by atoms with Crippen molar-refractivity contribution in [3.05, 3.63) is 47.0 Å². The number of carbonyl (C=O) groups is 1. The number of esters is 1. The molecule has 2 aromatic carbocycles. The quantitative estimate of drug-likeness (QED) is 0.769. The van der Waals surface area contributed by atoms with Crippen molar-refractivity contribution < 1.29 is 27.4 Å². The largest absolute Gasteiger partial charge is 0.495 e. The molecule has 0 saturated heterocycles. The maximum atomic E-state index is 12.6. The smallest absolute Gasteiger partial charge is 0.337 e. The Hall–Kier alpha value is -2.45. The summed E-state index contributed by atoms with van der Waals surface area (Å²) >= 11 is 5.98. The van der Waals surface area contributed by atoms with E-state index in [1.54, 1.807) is 0 Å². The summed E-state index contributed by atoms with van der Waals surface area (Å²) in [7, 11) is 0.0787. The maximum absolute atomic E-state index is 12.6. The van der Waals surface area contributed by atoms with E-state index in [2.05, 4.69) is 9.46 Å². The molecule has 0 aliphatic carbocycles. The van der Waals surface area contributed by atoms with Crippen LogP contribution in [0, 0.1) is 0 Å². The first-order valence-corrected chi connectivity index (χ1v) is 8.81. The molecule has 0 spiro atoms. The lowest BCUT2D eigenvalue weighted by molar-refractivity contribution is 0.0600. The molecule has 2 rings (SSSR count). The maximum Gasteiger partial charge on any atom is 0.337 e. The van der Waals surface area contributed by atoms with Gasteiger partial charge in [-0.15, -0.1) is 0 Å². The third-order valence-corrected chi connectivity index (χ3v) is 4.96. The van der Waals surface area contributed by atoms with Crippen LogP contribution in [0.2, 0.25) is 5.02 Å². The molecule has 0 unspecified atom stereocenters. The van der Waals surface area contributed by atoms with Crippen molar-refractivity contribution in [2.75, 3.05) is 26.1 Å². The summed E-state index contributed by atoms with van der Waals surface area (Å²) in [5.41, 5.74) is 0.270. The average Bonchev–Trinajstić information content (AvgIpc) is 2.60. The van der Waals surface area contributed by atoms with Crippen molar-refractivity contribution in [2.24, 2.45) is 0 Å². The SMILES string of the molecule is COC(=O)c1ccc(OC)c(NS(=O)(=O)c2ccc(OC)c(Cl)c2)c1. The first kappa shape index (κ1) is 18.9. The van der Waals surface area contributed by atoms with Gasteiger partial charge < -0.3 is 14.2 Å². The van der Waals surface area contributed by atoms with E-state index in [0.29, 0.717) is 5.75 Å². The van der Waals surface area contributed by atoms with Gasteiger partial charge in [0.2, 0.25) is 0 Å². The van der Waals surface area contributed by atoms with Crippen molar-refractivity contribution >= 4 is 33.3 Å². The number of methoxy groups -OCH3 is 3. The van der Waals surface area contributed by atoms with Gasteiger partial charge in [-0.05, 0) is 36.4 Å². The van der Waals surface area contributed by atoms with Crippen molar-refractivity contribution in [3.63, 3.8) is 0 Å². The zero-order valence-electron chi connectivity index (χ0n) is 13.7. The molecule has 0 fully saturated rings. The Labute approximate surface area is 150 Å². The average molecular weight is 386 g/mol. The fourth-order valence-corrected chi connectivity index (χ4v) is 3.46. The van der Waals surface area contributed by atoms with E-state index in [1.807, 2.05) is 0 Å². The molecule has 0 radical (unpaired) electrons. The number of hydrogen-bond donors (Lipinski definition) is 1. The Kier molecular flexibility index (Phi) is 5.76. The number of ether oxygens (including phenoxy) is 3. The van der Waals surface area contributed by atoms with Crippen LogP contribution in [0.15, 0.2) is 41.3 Å². The third-order valence-electron chi connectivity index (χ3n) is 3.30. The molecular formula is C16H16ClNO6S. The van der Waals surface area contributed by atoms with Gasteiger partial charge in [-0.1, -0.05) is 11.6 Å². The molecule has 2 aromatic rings. The molecule has 0 aliphatic heterocycles. The van der Waals surface area contributed by atoms with Crippen LogP contribution in [-0.4, -0.2) is 35.7 Å². The van der Waals surface area contributed by atoms with Crippen molar-refractivity contribution in [2.45, 2.75) is 4.90 Å². The van der Waals surface area contributed by atoms with Gasteiger partial charge in [0, 0.05) is 0 Å². The summed E-state index contributed by atoms with van der Waals surface area (Å²) in [5, 5.41) is 0.153. The Morgan fingerprint density at radius 3 is 2.20 bits per heavy atom. The standard InChI is InChI=1S/C16H16ClNO6S/c1-22-14-7-5-11(9-12(14)17)25(20,21)18-13-8-10(16(19)24-3)4-6-15(13)23-2/h4-9,18H,1-3H3. The van der Waals surface area contributed by atoms with Gasteiger partial charge in [-0.25, -0.2) is 13.2 Å². The van der Waals surface area contributed by atoms with E-state index in [-0.39, 0.29) is 26.9 Å². The van der Waals surface area contributed by atoms with Crippen LogP contribution in [0.1, 0.15) is 10.4 Å². The van der Waals surface area contributed by atoms with E-state index in [9.17, 15) is 13.2 Å². The number of halogens is 1. The second-order valence-electron chi connectivity index (χ2n) is 4.81. The molecule has 1 N–H and O–H groups in total. The Bertz CT molecular complexity index is 897. The van der Waals surface area contributed by atoms with E-state index < -0.39 is 16.0 Å². The highest BCUT2D eigenvalue weighted by atomic mass is 35.5. The van der Waals surface area contributed by atoms with Crippen molar-refractivity contribution in [3.8, 4) is 11.5 Å². The van der Waals surface area contributed by atoms with Crippen LogP contribution in [0.25, 0.3) is 0 Å².